The third kappa shape index (κ3) is 1.55. The molecule has 1 N–H and O–H groups in total. The van der Waals surface area contributed by atoms with E-state index in [0.717, 1.165) is 21.3 Å². The first-order valence-corrected chi connectivity index (χ1v) is 4.40. The molecule has 2 aromatic heterocycles. The maximum Gasteiger partial charge on any atom is 0.0998 e. The Bertz CT molecular complexity index is 470. The fourth-order valence-electron chi connectivity index (χ4n) is 1.24. The normalized spacial score (nSPS) is 10.2. The molecule has 2 heterocycles. The van der Waals surface area contributed by atoms with Crippen LogP contribution in [0.1, 0.15) is 5.56 Å². The summed E-state index contributed by atoms with van der Waals surface area (Å²) in [5, 5.41) is 0. The number of nitrogens with one attached hydrogen (secondary N) is 1. The Morgan fingerprint density at radius 1 is 1.38 bits per heavy atom. The average Bonchev–Trinajstić information content (AvgIpc) is 2.51. The molecule has 0 amide bonds. The highest BCUT2D eigenvalue weighted by atomic mass is 32.1. The van der Waals surface area contributed by atoms with E-state index in [9.17, 15) is 0 Å². The molecule has 3 heteroatoms. The summed E-state index contributed by atoms with van der Waals surface area (Å²) in [7, 11) is 0. The van der Waals surface area contributed by atoms with Crippen molar-refractivity contribution in [2.24, 2.45) is 0 Å². The van der Waals surface area contributed by atoms with Crippen LogP contribution in [0.15, 0.2) is 35.3 Å². The highest BCUT2D eigenvalue weighted by molar-refractivity contribution is 7.71. The van der Waals surface area contributed by atoms with Crippen LogP contribution in [0.25, 0.3) is 11.3 Å². The van der Waals surface area contributed by atoms with Gasteiger partial charge in [0, 0.05) is 16.3 Å². The van der Waals surface area contributed by atoms with Gasteiger partial charge in [-0.25, -0.2) is 0 Å². The van der Waals surface area contributed by atoms with Gasteiger partial charge in [0.05, 0.1) is 18.2 Å². The summed E-state index contributed by atoms with van der Waals surface area (Å²) >= 11 is 5.07. The Labute approximate surface area is 81.2 Å². The van der Waals surface area contributed by atoms with Crippen molar-refractivity contribution in [1.82, 2.24) is 4.98 Å². The largest absolute Gasteiger partial charge is 0.472 e. The van der Waals surface area contributed by atoms with Gasteiger partial charge in [-0.05, 0) is 24.6 Å². The molecule has 2 aromatic rings. The smallest absolute Gasteiger partial charge is 0.0998 e. The Balaban J connectivity index is 2.59. The molecule has 0 bridgehead atoms. The number of H-pyrrole nitrogens is 1. The van der Waals surface area contributed by atoms with Gasteiger partial charge in [0.1, 0.15) is 0 Å². The SMILES string of the molecule is Cc1cocc1-c1cc(=S)cc[nH]1. The number of aromatic nitrogens is 1. The van der Waals surface area contributed by atoms with E-state index in [2.05, 4.69) is 4.98 Å². The van der Waals surface area contributed by atoms with Crippen molar-refractivity contribution in [1.29, 1.82) is 0 Å². The molecule has 66 valence electrons. The topological polar surface area (TPSA) is 28.9 Å². The second kappa shape index (κ2) is 3.18. The molecule has 0 aromatic carbocycles. The Morgan fingerprint density at radius 2 is 2.23 bits per heavy atom. The maximum atomic E-state index is 5.09. The molecule has 0 unspecified atom stereocenters. The van der Waals surface area contributed by atoms with Crippen LogP contribution < -0.4 is 0 Å². The van der Waals surface area contributed by atoms with Gasteiger partial charge in [0.2, 0.25) is 0 Å². The van der Waals surface area contributed by atoms with Gasteiger partial charge in [0.15, 0.2) is 0 Å². The summed E-state index contributed by atoms with van der Waals surface area (Å²) in [5.41, 5.74) is 3.17. The molecule has 0 radical (unpaired) electrons. The van der Waals surface area contributed by atoms with Crippen molar-refractivity contribution in [3.63, 3.8) is 0 Å². The van der Waals surface area contributed by atoms with Crippen molar-refractivity contribution < 1.29 is 4.42 Å². The molecular weight excluding hydrogens is 182 g/mol. The molecule has 2 nitrogen and oxygen atoms in total. The lowest BCUT2D eigenvalue weighted by Gasteiger charge is -1.97. The maximum absolute atomic E-state index is 5.09. The first kappa shape index (κ1) is 8.26. The van der Waals surface area contributed by atoms with Gasteiger partial charge in [-0.2, -0.15) is 0 Å². The number of furan rings is 1. The summed E-state index contributed by atoms with van der Waals surface area (Å²) in [6.07, 6.45) is 5.28. The van der Waals surface area contributed by atoms with Gasteiger partial charge in [-0.1, -0.05) is 12.2 Å². The van der Waals surface area contributed by atoms with Crippen LogP contribution in [-0.2, 0) is 0 Å². The van der Waals surface area contributed by atoms with Gasteiger partial charge >= 0.3 is 0 Å². The third-order valence-electron chi connectivity index (χ3n) is 1.92. The van der Waals surface area contributed by atoms with E-state index >= 15 is 0 Å². The monoisotopic (exact) mass is 191 g/mol. The molecule has 2 rings (SSSR count). The minimum atomic E-state index is 0.828. The lowest BCUT2D eigenvalue weighted by Crippen LogP contribution is -1.81. The average molecular weight is 191 g/mol. The standard InChI is InChI=1S/C10H9NOS/c1-7-5-12-6-9(7)10-4-8(13)2-3-11-10/h2-6H,1H3,(H,11,13). The van der Waals surface area contributed by atoms with Crippen molar-refractivity contribution in [3.05, 3.63) is 40.9 Å². The van der Waals surface area contributed by atoms with Crippen molar-refractivity contribution in [2.75, 3.05) is 0 Å². The fraction of sp³-hybridized carbons (Fsp3) is 0.100. The molecule has 0 atom stereocenters. The molecule has 0 saturated heterocycles. The predicted octanol–water partition coefficient (Wildman–Crippen LogP) is 3.31. The number of aromatic amines is 1. The van der Waals surface area contributed by atoms with Crippen LogP contribution in [-0.4, -0.2) is 4.98 Å². The van der Waals surface area contributed by atoms with Crippen molar-refractivity contribution in [3.8, 4) is 11.3 Å². The summed E-state index contributed by atoms with van der Waals surface area (Å²) in [5.74, 6) is 0. The molecule has 0 spiro atoms. The van der Waals surface area contributed by atoms with Crippen molar-refractivity contribution in [2.45, 2.75) is 6.92 Å². The predicted molar refractivity (Wildman–Crippen MR) is 54.1 cm³/mol. The Hall–Kier alpha value is -1.35. The zero-order valence-corrected chi connectivity index (χ0v) is 8.02. The fourth-order valence-corrected chi connectivity index (χ4v) is 1.42. The molecule has 0 saturated carbocycles. The van der Waals surface area contributed by atoms with E-state index in [-0.39, 0.29) is 0 Å². The number of pyridine rings is 1. The van der Waals surface area contributed by atoms with E-state index < -0.39 is 0 Å². The minimum absolute atomic E-state index is 0.828. The lowest BCUT2D eigenvalue weighted by atomic mass is 10.1. The van der Waals surface area contributed by atoms with Crippen LogP contribution in [0, 0.1) is 11.4 Å². The Morgan fingerprint density at radius 3 is 2.85 bits per heavy atom. The molecule has 0 fully saturated rings. The van der Waals surface area contributed by atoms with E-state index in [1.807, 2.05) is 25.3 Å². The van der Waals surface area contributed by atoms with Gasteiger partial charge in [0.25, 0.3) is 0 Å². The van der Waals surface area contributed by atoms with E-state index in [1.165, 1.54) is 0 Å². The molecular formula is C10H9NOS. The van der Waals surface area contributed by atoms with E-state index in [4.69, 9.17) is 16.6 Å². The molecule has 0 aliphatic rings. The van der Waals surface area contributed by atoms with E-state index in [0.29, 0.717) is 0 Å². The molecule has 0 aliphatic carbocycles. The van der Waals surface area contributed by atoms with Gasteiger partial charge < -0.3 is 9.40 Å². The quantitative estimate of drug-likeness (QED) is 0.700. The van der Waals surface area contributed by atoms with E-state index in [1.54, 1.807) is 12.5 Å². The summed E-state index contributed by atoms with van der Waals surface area (Å²) in [4.78, 5) is 3.13. The minimum Gasteiger partial charge on any atom is -0.472 e. The highest BCUT2D eigenvalue weighted by Crippen LogP contribution is 2.21. The first-order valence-electron chi connectivity index (χ1n) is 3.99. The highest BCUT2D eigenvalue weighted by Gasteiger charge is 2.02. The number of hydrogen-bond acceptors (Lipinski definition) is 2. The van der Waals surface area contributed by atoms with Crippen molar-refractivity contribution >= 4 is 12.2 Å². The van der Waals surface area contributed by atoms with Crippen LogP contribution >= 0.6 is 12.2 Å². The summed E-state index contributed by atoms with van der Waals surface area (Å²) in [6.45, 7) is 2.00. The summed E-state index contributed by atoms with van der Waals surface area (Å²) < 4.78 is 5.91. The second-order valence-electron chi connectivity index (χ2n) is 2.91. The van der Waals surface area contributed by atoms with Crippen LogP contribution in [0.3, 0.4) is 0 Å². The third-order valence-corrected chi connectivity index (χ3v) is 2.17. The Kier molecular flexibility index (Phi) is 2.02. The molecule has 0 aliphatic heterocycles. The number of hydrogen-bond donors (Lipinski definition) is 1. The molecule has 13 heavy (non-hydrogen) atoms. The summed E-state index contributed by atoms with van der Waals surface area (Å²) in [6, 6.07) is 3.78. The van der Waals surface area contributed by atoms with Gasteiger partial charge in [-0.3, -0.25) is 0 Å². The van der Waals surface area contributed by atoms with Crippen LogP contribution in [0.4, 0.5) is 0 Å². The lowest BCUT2D eigenvalue weighted by molar-refractivity contribution is 0.566. The van der Waals surface area contributed by atoms with Gasteiger partial charge in [-0.15, -0.1) is 0 Å². The zero-order valence-electron chi connectivity index (χ0n) is 7.20. The number of rotatable bonds is 1. The second-order valence-corrected chi connectivity index (χ2v) is 3.38. The zero-order chi connectivity index (χ0) is 9.26. The first-order chi connectivity index (χ1) is 6.27. The van der Waals surface area contributed by atoms with Crippen LogP contribution in [0.5, 0.6) is 0 Å². The van der Waals surface area contributed by atoms with Crippen LogP contribution in [0.2, 0.25) is 0 Å². The number of aryl methyl sites for hydroxylation is 1.